The average molecular weight is 419 g/mol. The zero-order valence-corrected chi connectivity index (χ0v) is 18.1. The lowest BCUT2D eigenvalue weighted by atomic mass is 10.1. The molecule has 2 aromatic carbocycles. The molecule has 0 saturated carbocycles. The molecule has 0 radical (unpaired) electrons. The normalized spacial score (nSPS) is 11.3. The van der Waals surface area contributed by atoms with Gasteiger partial charge in [0.25, 0.3) is 15.9 Å². The molecule has 2 rings (SSSR count). The average Bonchev–Trinajstić information content (AvgIpc) is 2.70. The third kappa shape index (κ3) is 7.18. The monoisotopic (exact) mass is 418 g/mol. The number of carbonyl (C=O) groups is 1. The fourth-order valence-corrected chi connectivity index (χ4v) is 3.68. The van der Waals surface area contributed by atoms with Crippen molar-refractivity contribution in [2.75, 3.05) is 24.5 Å². The molecule has 0 heterocycles. The van der Waals surface area contributed by atoms with E-state index in [1.54, 1.807) is 12.1 Å². The Hall–Kier alpha value is -2.38. The van der Waals surface area contributed by atoms with Gasteiger partial charge in [0.05, 0.1) is 4.90 Å². The molecule has 0 aliphatic heterocycles. The molecule has 0 aromatic heterocycles. The highest BCUT2D eigenvalue weighted by Crippen LogP contribution is 2.19. The van der Waals surface area contributed by atoms with Gasteiger partial charge in [0, 0.05) is 31.0 Å². The minimum Gasteiger partial charge on any atom is -0.381 e. The molecule has 29 heavy (non-hydrogen) atoms. The van der Waals surface area contributed by atoms with Gasteiger partial charge in [-0.05, 0) is 74.2 Å². The van der Waals surface area contributed by atoms with Crippen LogP contribution in [0.5, 0.6) is 0 Å². The van der Waals surface area contributed by atoms with E-state index in [-0.39, 0.29) is 10.8 Å². The first kappa shape index (κ1) is 22.9. The van der Waals surface area contributed by atoms with Crippen LogP contribution in [0, 0.1) is 13.8 Å². The highest BCUT2D eigenvalue weighted by Gasteiger charge is 2.15. The van der Waals surface area contributed by atoms with Crippen molar-refractivity contribution in [3.05, 3.63) is 59.2 Å². The molecule has 158 valence electrons. The Labute approximate surface area is 173 Å². The van der Waals surface area contributed by atoms with Gasteiger partial charge in [-0.1, -0.05) is 19.4 Å². The Kier molecular flexibility index (Phi) is 8.67. The Morgan fingerprint density at radius 1 is 0.966 bits per heavy atom. The molecule has 2 aromatic rings. The van der Waals surface area contributed by atoms with Gasteiger partial charge in [-0.3, -0.25) is 9.52 Å². The van der Waals surface area contributed by atoms with Crippen molar-refractivity contribution in [3.8, 4) is 0 Å². The van der Waals surface area contributed by atoms with Crippen LogP contribution in [-0.2, 0) is 14.8 Å². The zero-order valence-electron chi connectivity index (χ0n) is 17.3. The summed E-state index contributed by atoms with van der Waals surface area (Å²) >= 11 is 0. The number of nitrogens with one attached hydrogen (secondary N) is 2. The highest BCUT2D eigenvalue weighted by atomic mass is 32.2. The van der Waals surface area contributed by atoms with Gasteiger partial charge in [-0.25, -0.2) is 8.42 Å². The maximum absolute atomic E-state index is 12.6. The van der Waals surface area contributed by atoms with E-state index in [9.17, 15) is 13.2 Å². The van der Waals surface area contributed by atoms with E-state index < -0.39 is 10.0 Å². The number of carbonyl (C=O) groups excluding carboxylic acids is 1. The van der Waals surface area contributed by atoms with E-state index in [4.69, 9.17) is 4.74 Å². The molecule has 0 aliphatic rings. The van der Waals surface area contributed by atoms with E-state index in [0.717, 1.165) is 37.0 Å². The largest absolute Gasteiger partial charge is 0.381 e. The van der Waals surface area contributed by atoms with Gasteiger partial charge in [0.1, 0.15) is 0 Å². The molecule has 0 bridgehead atoms. The van der Waals surface area contributed by atoms with Crippen LogP contribution in [0.15, 0.2) is 47.4 Å². The van der Waals surface area contributed by atoms with Gasteiger partial charge in [-0.15, -0.1) is 0 Å². The van der Waals surface area contributed by atoms with E-state index in [2.05, 4.69) is 17.0 Å². The Morgan fingerprint density at radius 3 is 2.31 bits per heavy atom. The van der Waals surface area contributed by atoms with Crippen LogP contribution >= 0.6 is 0 Å². The highest BCUT2D eigenvalue weighted by molar-refractivity contribution is 7.92. The summed E-state index contributed by atoms with van der Waals surface area (Å²) in [5, 5.41) is 2.82. The van der Waals surface area contributed by atoms with Crippen molar-refractivity contribution in [2.24, 2.45) is 0 Å². The van der Waals surface area contributed by atoms with Crippen LogP contribution in [0.2, 0.25) is 0 Å². The summed E-state index contributed by atoms with van der Waals surface area (Å²) in [6, 6.07) is 11.3. The number of amides is 1. The predicted octanol–water partition coefficient (Wildman–Crippen LogP) is 4.04. The number of unbranched alkanes of at least 4 members (excludes halogenated alkanes) is 1. The Balaban J connectivity index is 1.89. The van der Waals surface area contributed by atoms with Crippen molar-refractivity contribution >= 4 is 21.6 Å². The van der Waals surface area contributed by atoms with E-state index in [1.165, 1.54) is 24.3 Å². The number of benzene rings is 2. The molecule has 0 aliphatic carbocycles. The molecule has 2 N–H and O–H groups in total. The second-order valence-corrected chi connectivity index (χ2v) is 8.69. The van der Waals surface area contributed by atoms with Crippen LogP contribution in [0.3, 0.4) is 0 Å². The second kappa shape index (κ2) is 11.0. The number of ether oxygens (including phenoxy) is 1. The van der Waals surface area contributed by atoms with Crippen LogP contribution in [0.4, 0.5) is 5.69 Å². The summed E-state index contributed by atoms with van der Waals surface area (Å²) in [7, 11) is -3.72. The van der Waals surface area contributed by atoms with Crippen molar-refractivity contribution < 1.29 is 17.9 Å². The maximum Gasteiger partial charge on any atom is 0.261 e. The maximum atomic E-state index is 12.6. The summed E-state index contributed by atoms with van der Waals surface area (Å²) < 4.78 is 33.2. The number of anilines is 1. The van der Waals surface area contributed by atoms with Gasteiger partial charge in [-0.2, -0.15) is 0 Å². The fourth-order valence-electron chi connectivity index (χ4n) is 2.63. The number of sulfonamides is 1. The quantitative estimate of drug-likeness (QED) is 0.540. The smallest absolute Gasteiger partial charge is 0.261 e. The topological polar surface area (TPSA) is 84.5 Å². The molecule has 0 unspecified atom stereocenters. The van der Waals surface area contributed by atoms with Gasteiger partial charge in [0.2, 0.25) is 0 Å². The van der Waals surface area contributed by atoms with E-state index in [0.29, 0.717) is 24.4 Å². The third-order valence-electron chi connectivity index (χ3n) is 4.58. The minimum atomic E-state index is -3.72. The van der Waals surface area contributed by atoms with E-state index >= 15 is 0 Å². The SMILES string of the molecule is CCCCOCCCNC(=O)c1ccc(S(=O)(=O)Nc2ccc(C)c(C)c2)cc1. The zero-order chi connectivity index (χ0) is 21.3. The summed E-state index contributed by atoms with van der Waals surface area (Å²) in [6.45, 7) is 7.88. The number of rotatable bonds is 11. The number of hydrogen-bond acceptors (Lipinski definition) is 4. The lowest BCUT2D eigenvalue weighted by molar-refractivity contribution is 0.0940. The molecule has 7 heteroatoms. The summed E-state index contributed by atoms with van der Waals surface area (Å²) in [6.07, 6.45) is 2.88. The Morgan fingerprint density at radius 2 is 1.66 bits per heavy atom. The Bertz CT molecular complexity index is 909. The van der Waals surface area contributed by atoms with Gasteiger partial charge >= 0.3 is 0 Å². The molecule has 1 amide bonds. The number of aryl methyl sites for hydroxylation is 2. The fraction of sp³-hybridized carbons (Fsp3) is 0.409. The standard InChI is InChI=1S/C22H30N2O4S/c1-4-5-14-28-15-6-13-23-22(25)19-8-11-21(12-9-19)29(26,27)24-20-10-7-17(2)18(3)16-20/h7-12,16,24H,4-6,13-15H2,1-3H3,(H,23,25). The number of hydrogen-bond donors (Lipinski definition) is 2. The van der Waals surface area contributed by atoms with Crippen molar-refractivity contribution in [1.29, 1.82) is 0 Å². The minimum absolute atomic E-state index is 0.108. The molecule has 0 atom stereocenters. The van der Waals surface area contributed by atoms with Gasteiger partial charge in [0.15, 0.2) is 0 Å². The lowest BCUT2D eigenvalue weighted by Crippen LogP contribution is -2.25. The van der Waals surface area contributed by atoms with E-state index in [1.807, 2.05) is 19.9 Å². The van der Waals surface area contributed by atoms with Crippen LogP contribution in [0.25, 0.3) is 0 Å². The first-order valence-corrected chi connectivity index (χ1v) is 11.4. The summed E-state index contributed by atoms with van der Waals surface area (Å²) in [4.78, 5) is 12.3. The molecule has 0 saturated heterocycles. The molecular formula is C22H30N2O4S. The second-order valence-electron chi connectivity index (χ2n) is 7.00. The third-order valence-corrected chi connectivity index (χ3v) is 5.98. The molecule has 0 spiro atoms. The molecule has 6 nitrogen and oxygen atoms in total. The van der Waals surface area contributed by atoms with Gasteiger partial charge < -0.3 is 10.1 Å². The summed E-state index contributed by atoms with van der Waals surface area (Å²) in [5.41, 5.74) is 3.03. The lowest BCUT2D eigenvalue weighted by Gasteiger charge is -2.11. The molecular weight excluding hydrogens is 388 g/mol. The van der Waals surface area contributed by atoms with Crippen molar-refractivity contribution in [1.82, 2.24) is 5.32 Å². The first-order chi connectivity index (χ1) is 13.8. The van der Waals surface area contributed by atoms with Crippen molar-refractivity contribution in [3.63, 3.8) is 0 Å². The van der Waals surface area contributed by atoms with Crippen LogP contribution in [-0.4, -0.2) is 34.1 Å². The first-order valence-electron chi connectivity index (χ1n) is 9.89. The summed E-state index contributed by atoms with van der Waals surface area (Å²) in [5.74, 6) is -0.232. The predicted molar refractivity (Wildman–Crippen MR) is 116 cm³/mol. The van der Waals surface area contributed by atoms with Crippen LogP contribution < -0.4 is 10.0 Å². The van der Waals surface area contributed by atoms with Crippen LogP contribution in [0.1, 0.15) is 47.7 Å². The van der Waals surface area contributed by atoms with Crippen molar-refractivity contribution in [2.45, 2.75) is 44.9 Å². The molecule has 0 fully saturated rings.